The zero-order valence-corrected chi connectivity index (χ0v) is 15.6. The smallest absolute Gasteiger partial charge is 0.240 e. The minimum absolute atomic E-state index is 0.0299. The van der Waals surface area contributed by atoms with Gasteiger partial charge in [0.25, 0.3) is 0 Å². The summed E-state index contributed by atoms with van der Waals surface area (Å²) in [7, 11) is 0. The molecule has 3 aliphatic rings. The van der Waals surface area contributed by atoms with Gasteiger partial charge in [-0.2, -0.15) is 5.26 Å². The second-order valence-electron chi connectivity index (χ2n) is 7.00. The van der Waals surface area contributed by atoms with Crippen LogP contribution in [0.4, 0.5) is 5.82 Å². The Balaban J connectivity index is 1.31. The van der Waals surface area contributed by atoms with Gasteiger partial charge in [0, 0.05) is 57.3 Å². The maximum Gasteiger partial charge on any atom is 0.240 e. The van der Waals surface area contributed by atoms with E-state index in [0.29, 0.717) is 11.6 Å². The highest BCUT2D eigenvalue weighted by Crippen LogP contribution is 2.23. The number of hydrogen-bond acceptors (Lipinski definition) is 7. The standard InChI is InChI=1S/C18H24N6OS/c19-11-14-2-1-3-20-17(14)23-6-4-22(5-7-23)15-10-16(21-12-15)18(25)24-8-9-26-13-24/h1-3,15-16,21H,4-10,12-13H2/t15-,16-/m0/s1. The van der Waals surface area contributed by atoms with Crippen molar-refractivity contribution >= 4 is 23.5 Å². The third-order valence-corrected chi connectivity index (χ3v) is 6.47. The fourth-order valence-corrected chi connectivity index (χ4v) is 4.98. The molecule has 4 rings (SSSR count). The molecule has 138 valence electrons. The monoisotopic (exact) mass is 372 g/mol. The molecular weight excluding hydrogens is 348 g/mol. The van der Waals surface area contributed by atoms with E-state index in [9.17, 15) is 10.1 Å². The second kappa shape index (κ2) is 7.82. The fraction of sp³-hybridized carbons (Fsp3) is 0.611. The van der Waals surface area contributed by atoms with E-state index in [0.717, 1.165) is 63.1 Å². The van der Waals surface area contributed by atoms with Crippen LogP contribution in [0.1, 0.15) is 12.0 Å². The molecule has 3 aliphatic heterocycles. The van der Waals surface area contributed by atoms with E-state index in [-0.39, 0.29) is 11.9 Å². The molecule has 7 nitrogen and oxygen atoms in total. The minimum atomic E-state index is -0.0299. The zero-order valence-electron chi connectivity index (χ0n) is 14.8. The summed E-state index contributed by atoms with van der Waals surface area (Å²) in [5.41, 5.74) is 0.637. The van der Waals surface area contributed by atoms with Crippen molar-refractivity contribution in [3.8, 4) is 6.07 Å². The highest BCUT2D eigenvalue weighted by molar-refractivity contribution is 7.99. The minimum Gasteiger partial charge on any atom is -0.353 e. The molecular formula is C18H24N6OS. The highest BCUT2D eigenvalue weighted by Gasteiger charge is 2.36. The summed E-state index contributed by atoms with van der Waals surface area (Å²) >= 11 is 1.83. The van der Waals surface area contributed by atoms with Crippen LogP contribution in [-0.2, 0) is 4.79 Å². The first-order valence-corrected chi connectivity index (χ1v) is 10.4. The summed E-state index contributed by atoms with van der Waals surface area (Å²) in [6, 6.07) is 6.25. The van der Waals surface area contributed by atoms with Crippen LogP contribution in [-0.4, -0.2) is 83.7 Å². The van der Waals surface area contributed by atoms with Crippen molar-refractivity contribution in [2.24, 2.45) is 0 Å². The summed E-state index contributed by atoms with van der Waals surface area (Å²) in [6.07, 6.45) is 2.64. The van der Waals surface area contributed by atoms with Gasteiger partial charge in [-0.15, -0.1) is 11.8 Å². The molecule has 0 aromatic carbocycles. The van der Waals surface area contributed by atoms with Crippen molar-refractivity contribution in [3.05, 3.63) is 23.9 Å². The summed E-state index contributed by atoms with van der Waals surface area (Å²) in [4.78, 5) is 23.6. The van der Waals surface area contributed by atoms with Crippen LogP contribution in [0.3, 0.4) is 0 Å². The van der Waals surface area contributed by atoms with E-state index in [1.165, 1.54) is 0 Å². The molecule has 1 aromatic rings. The van der Waals surface area contributed by atoms with Gasteiger partial charge < -0.3 is 15.1 Å². The Morgan fingerprint density at radius 2 is 2.15 bits per heavy atom. The molecule has 1 amide bonds. The Kier molecular flexibility index (Phi) is 5.29. The lowest BCUT2D eigenvalue weighted by molar-refractivity contribution is -0.131. The number of thioether (sulfide) groups is 1. The van der Waals surface area contributed by atoms with E-state index >= 15 is 0 Å². The first-order chi connectivity index (χ1) is 12.8. The molecule has 8 heteroatoms. The maximum atomic E-state index is 12.6. The van der Waals surface area contributed by atoms with E-state index in [1.807, 2.05) is 22.7 Å². The van der Waals surface area contributed by atoms with E-state index < -0.39 is 0 Å². The number of carbonyl (C=O) groups is 1. The van der Waals surface area contributed by atoms with Crippen molar-refractivity contribution in [2.45, 2.75) is 18.5 Å². The maximum absolute atomic E-state index is 12.6. The van der Waals surface area contributed by atoms with E-state index in [1.54, 1.807) is 12.3 Å². The van der Waals surface area contributed by atoms with E-state index in [4.69, 9.17) is 0 Å². The summed E-state index contributed by atoms with van der Waals surface area (Å²) in [5, 5.41) is 12.7. The van der Waals surface area contributed by atoms with Gasteiger partial charge in [0.2, 0.25) is 5.91 Å². The number of aromatic nitrogens is 1. The Morgan fingerprint density at radius 3 is 2.88 bits per heavy atom. The summed E-state index contributed by atoms with van der Waals surface area (Å²) < 4.78 is 0. The molecule has 26 heavy (non-hydrogen) atoms. The molecule has 1 N–H and O–H groups in total. The van der Waals surface area contributed by atoms with Crippen LogP contribution in [0.25, 0.3) is 0 Å². The number of carbonyl (C=O) groups excluding carboxylic acids is 1. The third kappa shape index (κ3) is 3.52. The Hall–Kier alpha value is -1.82. The normalized spacial score (nSPS) is 26.9. The molecule has 4 heterocycles. The second-order valence-corrected chi connectivity index (χ2v) is 8.07. The quantitative estimate of drug-likeness (QED) is 0.820. The predicted molar refractivity (Wildman–Crippen MR) is 102 cm³/mol. The molecule has 0 bridgehead atoms. The predicted octanol–water partition coefficient (Wildman–Crippen LogP) is 0.339. The average Bonchev–Trinajstić information content (AvgIpc) is 3.40. The molecule has 0 spiro atoms. The van der Waals surface area contributed by atoms with Crippen molar-refractivity contribution in [2.75, 3.05) is 55.8 Å². The summed E-state index contributed by atoms with van der Waals surface area (Å²) in [6.45, 7) is 5.37. The number of amides is 1. The van der Waals surface area contributed by atoms with Crippen LogP contribution in [0, 0.1) is 11.3 Å². The van der Waals surface area contributed by atoms with Crippen molar-refractivity contribution in [1.29, 1.82) is 5.26 Å². The molecule has 0 unspecified atom stereocenters. The topological polar surface area (TPSA) is 75.5 Å². The molecule has 0 radical (unpaired) electrons. The number of piperazine rings is 1. The fourth-order valence-electron chi connectivity index (χ4n) is 4.03. The number of pyridine rings is 1. The van der Waals surface area contributed by atoms with Crippen molar-refractivity contribution in [3.63, 3.8) is 0 Å². The van der Waals surface area contributed by atoms with Gasteiger partial charge in [0.15, 0.2) is 0 Å². The molecule has 0 aliphatic carbocycles. The number of anilines is 1. The lowest BCUT2D eigenvalue weighted by Gasteiger charge is -2.38. The van der Waals surface area contributed by atoms with E-state index in [2.05, 4.69) is 26.2 Å². The Bertz CT molecular complexity index is 693. The van der Waals surface area contributed by atoms with Crippen LogP contribution < -0.4 is 10.2 Å². The Labute approximate surface area is 158 Å². The first kappa shape index (κ1) is 17.6. The lowest BCUT2D eigenvalue weighted by Crippen LogP contribution is -2.51. The van der Waals surface area contributed by atoms with Gasteiger partial charge in [0.1, 0.15) is 11.9 Å². The van der Waals surface area contributed by atoms with Crippen molar-refractivity contribution < 1.29 is 4.79 Å². The first-order valence-electron chi connectivity index (χ1n) is 9.20. The van der Waals surface area contributed by atoms with Crippen molar-refractivity contribution in [1.82, 2.24) is 20.1 Å². The number of rotatable bonds is 3. The number of hydrogen-bond donors (Lipinski definition) is 1. The van der Waals surface area contributed by atoms with Gasteiger partial charge in [0.05, 0.1) is 17.5 Å². The van der Waals surface area contributed by atoms with Gasteiger partial charge in [-0.3, -0.25) is 9.69 Å². The lowest BCUT2D eigenvalue weighted by atomic mass is 10.1. The summed E-state index contributed by atoms with van der Waals surface area (Å²) in [5.74, 6) is 2.95. The van der Waals surface area contributed by atoms with Crippen LogP contribution in [0.2, 0.25) is 0 Å². The average molecular weight is 372 g/mol. The van der Waals surface area contributed by atoms with Gasteiger partial charge in [-0.05, 0) is 18.6 Å². The molecule has 1 aromatic heterocycles. The third-order valence-electron chi connectivity index (χ3n) is 5.51. The van der Waals surface area contributed by atoms with Crippen LogP contribution >= 0.6 is 11.8 Å². The number of nitriles is 1. The van der Waals surface area contributed by atoms with Gasteiger partial charge >= 0.3 is 0 Å². The highest BCUT2D eigenvalue weighted by atomic mass is 32.2. The van der Waals surface area contributed by atoms with Crippen LogP contribution in [0.5, 0.6) is 0 Å². The number of nitrogens with zero attached hydrogens (tertiary/aromatic N) is 5. The largest absolute Gasteiger partial charge is 0.353 e. The Morgan fingerprint density at radius 1 is 1.31 bits per heavy atom. The SMILES string of the molecule is N#Cc1cccnc1N1CCN([C@@H]2CN[C@H](C(=O)N3CCSC3)C2)CC1. The van der Waals surface area contributed by atoms with Gasteiger partial charge in [-0.25, -0.2) is 4.98 Å². The molecule has 3 fully saturated rings. The molecule has 2 atom stereocenters. The van der Waals surface area contributed by atoms with Gasteiger partial charge in [-0.1, -0.05) is 0 Å². The zero-order chi connectivity index (χ0) is 17.9. The number of nitrogens with one attached hydrogen (secondary N) is 1. The molecule has 3 saturated heterocycles. The molecule has 0 saturated carbocycles. The van der Waals surface area contributed by atoms with Crippen LogP contribution in [0.15, 0.2) is 18.3 Å².